The Morgan fingerprint density at radius 1 is 1.33 bits per heavy atom. The van der Waals surface area contributed by atoms with Gasteiger partial charge in [-0.2, -0.15) is 0 Å². The molecule has 2 aromatic rings. The molecule has 3 rings (SSSR count). The van der Waals surface area contributed by atoms with Crippen LogP contribution in [-0.2, 0) is 12.8 Å². The largest absolute Gasteiger partial charge is 0.375 e. The summed E-state index contributed by atoms with van der Waals surface area (Å²) in [4.78, 5) is 12.6. The molecule has 5 heteroatoms. The molecule has 110 valence electrons. The first kappa shape index (κ1) is 14.2. The van der Waals surface area contributed by atoms with Gasteiger partial charge in [0, 0.05) is 37.1 Å². The van der Waals surface area contributed by atoms with E-state index >= 15 is 0 Å². The number of hydrogen-bond donors (Lipinski definition) is 1. The van der Waals surface area contributed by atoms with Crippen LogP contribution in [0.5, 0.6) is 0 Å². The number of aryl methyl sites for hydroxylation is 1. The standard InChI is InChI=1S/C16H20N4S/c1-12-4-5-13(18-11-12)3-2-8-20-9-6-14-15(7-10-20)21-16(17)19-14/h2-5,11H,6-10H2,1H3,(H2,17,19)/b3-2+. The van der Waals surface area contributed by atoms with Crippen molar-refractivity contribution in [2.45, 2.75) is 19.8 Å². The molecule has 0 saturated heterocycles. The van der Waals surface area contributed by atoms with Gasteiger partial charge in [0.1, 0.15) is 0 Å². The lowest BCUT2D eigenvalue weighted by Gasteiger charge is -2.17. The minimum absolute atomic E-state index is 0.707. The van der Waals surface area contributed by atoms with Crippen LogP contribution in [0, 0.1) is 6.92 Å². The van der Waals surface area contributed by atoms with Gasteiger partial charge in [0.25, 0.3) is 0 Å². The first-order valence-corrected chi connectivity index (χ1v) is 8.08. The Labute approximate surface area is 129 Å². The van der Waals surface area contributed by atoms with Crippen molar-refractivity contribution in [3.8, 4) is 0 Å². The predicted molar refractivity (Wildman–Crippen MR) is 88.4 cm³/mol. The second-order valence-corrected chi connectivity index (χ2v) is 6.50. The molecule has 1 aliphatic rings. The zero-order valence-corrected chi connectivity index (χ0v) is 13.1. The molecule has 0 aliphatic carbocycles. The van der Waals surface area contributed by atoms with Crippen molar-refractivity contribution in [1.82, 2.24) is 14.9 Å². The summed E-state index contributed by atoms with van der Waals surface area (Å²) >= 11 is 1.64. The third-order valence-electron chi connectivity index (χ3n) is 3.70. The number of pyridine rings is 1. The lowest BCUT2D eigenvalue weighted by Crippen LogP contribution is -2.26. The highest BCUT2D eigenvalue weighted by atomic mass is 32.1. The number of rotatable bonds is 3. The average Bonchev–Trinajstić information content (AvgIpc) is 2.73. The van der Waals surface area contributed by atoms with E-state index in [1.54, 1.807) is 11.3 Å². The molecule has 2 N–H and O–H groups in total. The maximum atomic E-state index is 5.77. The summed E-state index contributed by atoms with van der Waals surface area (Å²) in [6.45, 7) is 5.12. The number of fused-ring (bicyclic) bond motifs is 1. The maximum Gasteiger partial charge on any atom is 0.180 e. The van der Waals surface area contributed by atoms with Gasteiger partial charge in [-0.1, -0.05) is 12.1 Å². The highest BCUT2D eigenvalue weighted by molar-refractivity contribution is 7.15. The van der Waals surface area contributed by atoms with Gasteiger partial charge in [-0.25, -0.2) is 4.98 Å². The molecule has 0 spiro atoms. The molecule has 3 heterocycles. The lowest BCUT2D eigenvalue weighted by atomic mass is 10.2. The summed E-state index contributed by atoms with van der Waals surface area (Å²) < 4.78 is 0. The monoisotopic (exact) mass is 300 g/mol. The highest BCUT2D eigenvalue weighted by Crippen LogP contribution is 2.24. The molecule has 0 unspecified atom stereocenters. The van der Waals surface area contributed by atoms with Crippen LogP contribution in [0.2, 0.25) is 0 Å². The number of hydrogen-bond acceptors (Lipinski definition) is 5. The molecule has 4 nitrogen and oxygen atoms in total. The zero-order chi connectivity index (χ0) is 14.7. The Hall–Kier alpha value is -1.72. The predicted octanol–water partition coefficient (Wildman–Crippen LogP) is 2.54. The fourth-order valence-electron chi connectivity index (χ4n) is 2.51. The van der Waals surface area contributed by atoms with Crippen LogP contribution < -0.4 is 5.73 Å². The Bertz CT molecular complexity index is 605. The summed E-state index contributed by atoms with van der Waals surface area (Å²) in [6, 6.07) is 4.14. The van der Waals surface area contributed by atoms with E-state index in [4.69, 9.17) is 5.73 Å². The molecule has 0 atom stereocenters. The van der Waals surface area contributed by atoms with E-state index in [1.165, 1.54) is 16.1 Å². The summed E-state index contributed by atoms with van der Waals surface area (Å²) in [7, 11) is 0. The number of aromatic nitrogens is 2. The van der Waals surface area contributed by atoms with E-state index in [-0.39, 0.29) is 0 Å². The quantitative estimate of drug-likeness (QED) is 0.946. The summed E-state index contributed by atoms with van der Waals surface area (Å²) in [5.74, 6) is 0. The molecule has 0 saturated carbocycles. The number of nitrogen functional groups attached to an aromatic ring is 1. The lowest BCUT2D eigenvalue weighted by molar-refractivity contribution is 0.318. The topological polar surface area (TPSA) is 55.0 Å². The fourth-order valence-corrected chi connectivity index (χ4v) is 3.38. The molecule has 2 aromatic heterocycles. The SMILES string of the molecule is Cc1ccc(/C=C/CN2CCc3nc(N)sc3CC2)nc1. The minimum Gasteiger partial charge on any atom is -0.375 e. The van der Waals surface area contributed by atoms with Crippen molar-refractivity contribution in [2.75, 3.05) is 25.4 Å². The number of thiazole rings is 1. The third kappa shape index (κ3) is 3.68. The van der Waals surface area contributed by atoms with Crippen molar-refractivity contribution >= 4 is 22.5 Å². The number of anilines is 1. The fraction of sp³-hybridized carbons (Fsp3) is 0.375. The second kappa shape index (κ2) is 6.37. The van der Waals surface area contributed by atoms with Crippen LogP contribution in [0.15, 0.2) is 24.4 Å². The second-order valence-electron chi connectivity index (χ2n) is 5.39. The molecular weight excluding hydrogens is 280 g/mol. The van der Waals surface area contributed by atoms with Crippen LogP contribution in [-0.4, -0.2) is 34.5 Å². The molecule has 21 heavy (non-hydrogen) atoms. The molecular formula is C16H20N4S. The number of nitrogens with two attached hydrogens (primary N) is 1. The van der Waals surface area contributed by atoms with Crippen molar-refractivity contribution in [3.63, 3.8) is 0 Å². The van der Waals surface area contributed by atoms with Crippen LogP contribution in [0.4, 0.5) is 5.13 Å². The zero-order valence-electron chi connectivity index (χ0n) is 12.2. The summed E-state index contributed by atoms with van der Waals surface area (Å²) in [5.41, 5.74) is 9.18. The van der Waals surface area contributed by atoms with Crippen LogP contribution in [0.3, 0.4) is 0 Å². The normalized spacial score (nSPS) is 16.0. The molecule has 0 fully saturated rings. The van der Waals surface area contributed by atoms with Crippen LogP contribution in [0.1, 0.15) is 21.8 Å². The Morgan fingerprint density at radius 2 is 2.19 bits per heavy atom. The van der Waals surface area contributed by atoms with Crippen molar-refractivity contribution in [1.29, 1.82) is 0 Å². The smallest absolute Gasteiger partial charge is 0.180 e. The molecule has 0 amide bonds. The van der Waals surface area contributed by atoms with Crippen molar-refractivity contribution < 1.29 is 0 Å². The van der Waals surface area contributed by atoms with Gasteiger partial charge in [0.2, 0.25) is 0 Å². The first-order chi connectivity index (χ1) is 10.2. The van der Waals surface area contributed by atoms with E-state index in [0.29, 0.717) is 5.13 Å². The Morgan fingerprint density at radius 3 is 3.00 bits per heavy atom. The maximum absolute atomic E-state index is 5.77. The Kier molecular flexibility index (Phi) is 4.31. The summed E-state index contributed by atoms with van der Waals surface area (Å²) in [6.07, 6.45) is 8.25. The van der Waals surface area contributed by atoms with Crippen LogP contribution >= 0.6 is 11.3 Å². The van der Waals surface area contributed by atoms with Gasteiger partial charge in [-0.15, -0.1) is 11.3 Å². The van der Waals surface area contributed by atoms with Gasteiger partial charge < -0.3 is 5.73 Å². The minimum atomic E-state index is 0.707. The Balaban J connectivity index is 1.55. The van der Waals surface area contributed by atoms with Crippen LogP contribution in [0.25, 0.3) is 6.08 Å². The third-order valence-corrected chi connectivity index (χ3v) is 4.69. The first-order valence-electron chi connectivity index (χ1n) is 7.26. The van der Waals surface area contributed by atoms with E-state index in [9.17, 15) is 0 Å². The van der Waals surface area contributed by atoms with Gasteiger partial charge in [-0.05, 0) is 31.1 Å². The van der Waals surface area contributed by atoms with Crippen molar-refractivity contribution in [3.05, 3.63) is 46.2 Å². The van der Waals surface area contributed by atoms with Gasteiger partial charge in [0.05, 0.1) is 11.4 Å². The van der Waals surface area contributed by atoms with Gasteiger partial charge in [-0.3, -0.25) is 9.88 Å². The number of nitrogens with zero attached hydrogens (tertiary/aromatic N) is 3. The van der Waals surface area contributed by atoms with E-state index in [2.05, 4.69) is 46.1 Å². The van der Waals surface area contributed by atoms with E-state index < -0.39 is 0 Å². The highest BCUT2D eigenvalue weighted by Gasteiger charge is 2.16. The molecule has 0 bridgehead atoms. The molecule has 0 aromatic carbocycles. The van der Waals surface area contributed by atoms with Crippen molar-refractivity contribution in [2.24, 2.45) is 0 Å². The average molecular weight is 300 g/mol. The van der Waals surface area contributed by atoms with E-state index in [1.807, 2.05) is 6.20 Å². The molecule has 0 radical (unpaired) electrons. The molecule has 1 aliphatic heterocycles. The van der Waals surface area contributed by atoms with E-state index in [0.717, 1.165) is 38.2 Å². The van der Waals surface area contributed by atoms with Gasteiger partial charge in [0.15, 0.2) is 5.13 Å². The van der Waals surface area contributed by atoms with Gasteiger partial charge >= 0.3 is 0 Å². The summed E-state index contributed by atoms with van der Waals surface area (Å²) in [5, 5.41) is 0.707.